The summed E-state index contributed by atoms with van der Waals surface area (Å²) in [4.78, 5) is 26.8. The van der Waals surface area contributed by atoms with E-state index < -0.39 is 5.97 Å². The predicted molar refractivity (Wildman–Crippen MR) is 90.7 cm³/mol. The van der Waals surface area contributed by atoms with Crippen LogP contribution in [0.5, 0.6) is 0 Å². The second kappa shape index (κ2) is 8.92. The fraction of sp³-hybridized carbons (Fsp3) is 0.556. The summed E-state index contributed by atoms with van der Waals surface area (Å²) in [6.07, 6.45) is 0.278. The van der Waals surface area contributed by atoms with Crippen molar-refractivity contribution in [3.8, 4) is 0 Å². The highest BCUT2D eigenvalue weighted by Gasteiger charge is 2.28. The van der Waals surface area contributed by atoms with Gasteiger partial charge in [0.25, 0.3) is 0 Å². The summed E-state index contributed by atoms with van der Waals surface area (Å²) < 4.78 is 18.9. The van der Waals surface area contributed by atoms with Crippen LogP contribution >= 0.6 is 0 Å². The first-order valence-electron chi connectivity index (χ1n) is 8.40. The molecule has 2 rings (SSSR count). The number of hydrogen-bond donors (Lipinski definition) is 1. The highest BCUT2D eigenvalue weighted by atomic mass is 19.1. The van der Waals surface area contributed by atoms with Crippen LogP contribution in [0.15, 0.2) is 24.3 Å². The summed E-state index contributed by atoms with van der Waals surface area (Å²) >= 11 is 0. The number of likely N-dealkylation sites (N-methyl/N-ethyl adjacent to an activating group) is 1. The Labute approximate surface area is 147 Å². The number of benzene rings is 1. The Balaban J connectivity index is 1.88. The van der Waals surface area contributed by atoms with Gasteiger partial charge in [-0.05, 0) is 31.2 Å². The SMILES string of the molecule is CC(Cc1cccc(F)c1)C(=O)N1CCOC(CN(C)CC(=O)O)C1. The lowest BCUT2D eigenvalue weighted by molar-refractivity contribution is -0.144. The van der Waals surface area contributed by atoms with Gasteiger partial charge in [-0.1, -0.05) is 19.1 Å². The Hall–Kier alpha value is -1.99. The van der Waals surface area contributed by atoms with Crippen LogP contribution < -0.4 is 0 Å². The molecule has 1 aromatic rings. The Bertz CT molecular complexity index is 610. The number of morpholine rings is 1. The standard InChI is InChI=1S/C18H25FN2O4/c1-13(8-14-4-3-5-15(19)9-14)18(24)21-6-7-25-16(11-21)10-20(2)12-17(22)23/h3-5,9,13,16H,6-8,10-12H2,1-2H3,(H,22,23). The smallest absolute Gasteiger partial charge is 0.317 e. The van der Waals surface area contributed by atoms with Gasteiger partial charge in [-0.2, -0.15) is 0 Å². The number of carbonyl (C=O) groups is 2. The van der Waals surface area contributed by atoms with Crippen molar-refractivity contribution < 1.29 is 23.8 Å². The molecule has 1 amide bonds. The topological polar surface area (TPSA) is 70.1 Å². The van der Waals surface area contributed by atoms with Gasteiger partial charge in [-0.25, -0.2) is 4.39 Å². The maximum atomic E-state index is 13.3. The van der Waals surface area contributed by atoms with Crippen LogP contribution in [0.4, 0.5) is 4.39 Å². The van der Waals surface area contributed by atoms with Gasteiger partial charge in [0.1, 0.15) is 5.82 Å². The molecule has 0 radical (unpaired) electrons. The summed E-state index contributed by atoms with van der Waals surface area (Å²) in [5.74, 6) is -1.43. The van der Waals surface area contributed by atoms with E-state index in [0.29, 0.717) is 32.7 Å². The lowest BCUT2D eigenvalue weighted by atomic mass is 9.99. The van der Waals surface area contributed by atoms with Crippen molar-refractivity contribution in [2.24, 2.45) is 5.92 Å². The summed E-state index contributed by atoms with van der Waals surface area (Å²) in [7, 11) is 1.71. The highest BCUT2D eigenvalue weighted by molar-refractivity contribution is 5.79. The molecule has 0 bridgehead atoms. The molecule has 1 aromatic carbocycles. The molecule has 138 valence electrons. The fourth-order valence-electron chi connectivity index (χ4n) is 3.09. The number of nitrogens with zero attached hydrogens (tertiary/aromatic N) is 2. The van der Waals surface area contributed by atoms with Gasteiger partial charge in [0, 0.05) is 25.6 Å². The van der Waals surface area contributed by atoms with E-state index in [1.165, 1.54) is 12.1 Å². The summed E-state index contributed by atoms with van der Waals surface area (Å²) in [6.45, 7) is 3.62. The average Bonchev–Trinajstić information content (AvgIpc) is 2.53. The molecule has 6 nitrogen and oxygen atoms in total. The third-order valence-corrected chi connectivity index (χ3v) is 4.22. The summed E-state index contributed by atoms with van der Waals surface area (Å²) in [5, 5.41) is 8.81. The minimum absolute atomic E-state index is 0.0125. The Kier molecular flexibility index (Phi) is 6.90. The number of carboxylic acid groups (broad SMARTS) is 1. The quantitative estimate of drug-likeness (QED) is 0.800. The first-order valence-corrected chi connectivity index (χ1v) is 8.40. The number of hydrogen-bond acceptors (Lipinski definition) is 4. The first-order chi connectivity index (χ1) is 11.8. The number of amides is 1. The van der Waals surface area contributed by atoms with Gasteiger partial charge < -0.3 is 14.7 Å². The monoisotopic (exact) mass is 352 g/mol. The van der Waals surface area contributed by atoms with E-state index in [1.807, 2.05) is 13.0 Å². The zero-order chi connectivity index (χ0) is 18.4. The average molecular weight is 352 g/mol. The molecule has 2 atom stereocenters. The molecule has 1 N–H and O–H groups in total. The molecule has 0 spiro atoms. The number of ether oxygens (including phenoxy) is 1. The van der Waals surface area contributed by atoms with Crippen LogP contribution in [-0.4, -0.2) is 72.7 Å². The zero-order valence-electron chi connectivity index (χ0n) is 14.7. The minimum atomic E-state index is -0.894. The van der Waals surface area contributed by atoms with Crippen LogP contribution in [0.1, 0.15) is 12.5 Å². The van der Waals surface area contributed by atoms with Crippen LogP contribution in [0.25, 0.3) is 0 Å². The molecule has 0 aromatic heterocycles. The van der Waals surface area contributed by atoms with Gasteiger partial charge in [0.2, 0.25) is 5.91 Å². The molecular formula is C18H25FN2O4. The van der Waals surface area contributed by atoms with Crippen molar-refractivity contribution in [3.05, 3.63) is 35.6 Å². The van der Waals surface area contributed by atoms with E-state index in [0.717, 1.165) is 5.56 Å². The normalized spacial score (nSPS) is 19.0. The molecular weight excluding hydrogens is 327 g/mol. The minimum Gasteiger partial charge on any atom is -0.480 e. The molecule has 25 heavy (non-hydrogen) atoms. The van der Waals surface area contributed by atoms with Gasteiger partial charge in [0.05, 0.1) is 19.3 Å². The molecule has 0 saturated carbocycles. The van der Waals surface area contributed by atoms with Crippen molar-refractivity contribution >= 4 is 11.9 Å². The maximum Gasteiger partial charge on any atom is 0.317 e. The van der Waals surface area contributed by atoms with Crippen molar-refractivity contribution in [1.29, 1.82) is 0 Å². The fourth-order valence-corrected chi connectivity index (χ4v) is 3.09. The number of carbonyl (C=O) groups excluding carboxylic acids is 1. The Morgan fingerprint density at radius 3 is 2.92 bits per heavy atom. The molecule has 1 aliphatic rings. The zero-order valence-corrected chi connectivity index (χ0v) is 14.7. The van der Waals surface area contributed by atoms with Gasteiger partial charge in [0.15, 0.2) is 0 Å². The summed E-state index contributed by atoms with van der Waals surface area (Å²) in [6, 6.07) is 6.30. The lowest BCUT2D eigenvalue weighted by Crippen LogP contribution is -2.51. The number of rotatable bonds is 7. The molecule has 7 heteroatoms. The molecule has 2 unspecified atom stereocenters. The van der Waals surface area contributed by atoms with Crippen molar-refractivity contribution in [2.45, 2.75) is 19.4 Å². The molecule has 0 aliphatic carbocycles. The maximum absolute atomic E-state index is 13.3. The van der Waals surface area contributed by atoms with E-state index in [2.05, 4.69) is 0 Å². The lowest BCUT2D eigenvalue weighted by Gasteiger charge is -2.36. The van der Waals surface area contributed by atoms with Crippen molar-refractivity contribution in [1.82, 2.24) is 9.80 Å². The third kappa shape index (κ3) is 6.10. The molecule has 1 saturated heterocycles. The number of aliphatic carboxylic acids is 1. The van der Waals surface area contributed by atoms with Gasteiger partial charge in [-0.15, -0.1) is 0 Å². The first kappa shape index (κ1) is 19.3. The van der Waals surface area contributed by atoms with E-state index >= 15 is 0 Å². The highest BCUT2D eigenvalue weighted by Crippen LogP contribution is 2.15. The molecule has 1 fully saturated rings. The van der Waals surface area contributed by atoms with Gasteiger partial charge in [-0.3, -0.25) is 14.5 Å². The van der Waals surface area contributed by atoms with E-state index in [9.17, 15) is 14.0 Å². The number of halogens is 1. The van der Waals surface area contributed by atoms with Crippen molar-refractivity contribution in [2.75, 3.05) is 39.8 Å². The largest absolute Gasteiger partial charge is 0.480 e. The van der Waals surface area contributed by atoms with Crippen molar-refractivity contribution in [3.63, 3.8) is 0 Å². The van der Waals surface area contributed by atoms with E-state index in [4.69, 9.17) is 9.84 Å². The predicted octanol–water partition coefficient (Wildman–Crippen LogP) is 1.25. The van der Waals surface area contributed by atoms with E-state index in [1.54, 1.807) is 22.9 Å². The van der Waals surface area contributed by atoms with Crippen LogP contribution in [0.2, 0.25) is 0 Å². The van der Waals surface area contributed by atoms with Gasteiger partial charge >= 0.3 is 5.97 Å². The second-order valence-electron chi connectivity index (χ2n) is 6.60. The van der Waals surface area contributed by atoms with Crippen LogP contribution in [0, 0.1) is 11.7 Å². The summed E-state index contributed by atoms with van der Waals surface area (Å²) in [5.41, 5.74) is 0.798. The van der Waals surface area contributed by atoms with Crippen LogP contribution in [0.3, 0.4) is 0 Å². The Morgan fingerprint density at radius 1 is 1.48 bits per heavy atom. The molecule has 1 aliphatic heterocycles. The second-order valence-corrected chi connectivity index (χ2v) is 6.60. The number of carboxylic acids is 1. The molecule has 1 heterocycles. The Morgan fingerprint density at radius 2 is 2.24 bits per heavy atom. The van der Waals surface area contributed by atoms with Crippen LogP contribution in [-0.2, 0) is 20.7 Å². The third-order valence-electron chi connectivity index (χ3n) is 4.22. The van der Waals surface area contributed by atoms with E-state index in [-0.39, 0.29) is 30.3 Å².